The molecule has 1 aromatic carbocycles. The lowest BCUT2D eigenvalue weighted by molar-refractivity contribution is -0.135. The lowest BCUT2D eigenvalue weighted by atomic mass is 9.95. The van der Waals surface area contributed by atoms with Gasteiger partial charge in [0.25, 0.3) is 0 Å². The van der Waals surface area contributed by atoms with Gasteiger partial charge in [-0.05, 0) is 62.8 Å². The van der Waals surface area contributed by atoms with Crippen molar-refractivity contribution in [2.45, 2.75) is 58.0 Å². The number of aryl methyl sites for hydroxylation is 3. The zero-order valence-corrected chi connectivity index (χ0v) is 14.9. The summed E-state index contributed by atoms with van der Waals surface area (Å²) in [5, 5.41) is 14.0. The largest absolute Gasteiger partial charge is 0.508 e. The summed E-state index contributed by atoms with van der Waals surface area (Å²) in [6.07, 6.45) is 7.63. The SMILES string of the molecule is Cc1ccn(CCC(=O)N2CCCC[C@H]2CCc2cccc(O)c2)n1. The number of phenolic OH excluding ortho intramolecular Hbond substituents is 1. The van der Waals surface area contributed by atoms with Crippen molar-refractivity contribution in [1.82, 2.24) is 14.7 Å². The predicted octanol–water partition coefficient (Wildman–Crippen LogP) is 3.30. The molecule has 1 fully saturated rings. The maximum Gasteiger partial charge on any atom is 0.224 e. The smallest absolute Gasteiger partial charge is 0.224 e. The van der Waals surface area contributed by atoms with Crippen LogP contribution in [-0.4, -0.2) is 38.3 Å². The van der Waals surface area contributed by atoms with Gasteiger partial charge in [0, 0.05) is 31.7 Å². The van der Waals surface area contributed by atoms with Gasteiger partial charge in [-0.15, -0.1) is 0 Å². The number of phenols is 1. The van der Waals surface area contributed by atoms with E-state index in [1.54, 1.807) is 6.07 Å². The Balaban J connectivity index is 1.55. The molecule has 1 aromatic heterocycles. The van der Waals surface area contributed by atoms with Gasteiger partial charge in [-0.1, -0.05) is 12.1 Å². The second kappa shape index (κ2) is 8.19. The van der Waals surface area contributed by atoms with Gasteiger partial charge in [-0.2, -0.15) is 5.10 Å². The molecule has 0 radical (unpaired) electrons. The van der Waals surface area contributed by atoms with Crippen LogP contribution in [0.25, 0.3) is 0 Å². The average Bonchev–Trinajstić information content (AvgIpc) is 3.03. The van der Waals surface area contributed by atoms with Crippen LogP contribution in [0.4, 0.5) is 0 Å². The van der Waals surface area contributed by atoms with E-state index in [0.717, 1.165) is 43.5 Å². The number of nitrogens with zero attached hydrogens (tertiary/aromatic N) is 3. The number of benzene rings is 1. The van der Waals surface area contributed by atoms with Crippen LogP contribution in [0.3, 0.4) is 0 Å². The topological polar surface area (TPSA) is 58.4 Å². The molecule has 134 valence electrons. The van der Waals surface area contributed by atoms with Crippen molar-refractivity contribution in [2.24, 2.45) is 0 Å². The second-order valence-corrected chi connectivity index (χ2v) is 6.92. The Labute approximate surface area is 149 Å². The van der Waals surface area contributed by atoms with E-state index in [2.05, 4.69) is 10.00 Å². The molecule has 1 atom stereocenters. The first-order valence-electron chi connectivity index (χ1n) is 9.19. The highest BCUT2D eigenvalue weighted by molar-refractivity contribution is 5.76. The molecule has 1 aliphatic heterocycles. The van der Waals surface area contributed by atoms with Crippen molar-refractivity contribution in [3.63, 3.8) is 0 Å². The monoisotopic (exact) mass is 341 g/mol. The van der Waals surface area contributed by atoms with Gasteiger partial charge in [0.05, 0.1) is 5.69 Å². The number of rotatable bonds is 6. The molecular weight excluding hydrogens is 314 g/mol. The second-order valence-electron chi connectivity index (χ2n) is 6.92. The molecule has 0 saturated carbocycles. The summed E-state index contributed by atoms with van der Waals surface area (Å²) in [6, 6.07) is 9.69. The molecule has 0 spiro atoms. The van der Waals surface area contributed by atoms with Crippen molar-refractivity contribution < 1.29 is 9.90 Å². The third-order valence-electron chi connectivity index (χ3n) is 4.95. The summed E-state index contributed by atoms with van der Waals surface area (Å²) in [5.41, 5.74) is 2.11. The molecule has 0 aliphatic carbocycles. The number of amides is 1. The molecule has 5 nitrogen and oxygen atoms in total. The lowest BCUT2D eigenvalue weighted by Crippen LogP contribution is -2.44. The van der Waals surface area contributed by atoms with Crippen LogP contribution in [0.2, 0.25) is 0 Å². The van der Waals surface area contributed by atoms with Crippen LogP contribution in [0, 0.1) is 6.92 Å². The van der Waals surface area contributed by atoms with Gasteiger partial charge in [0.2, 0.25) is 5.91 Å². The zero-order valence-electron chi connectivity index (χ0n) is 14.9. The van der Waals surface area contributed by atoms with Gasteiger partial charge >= 0.3 is 0 Å². The molecule has 0 bridgehead atoms. The maximum absolute atomic E-state index is 12.7. The van der Waals surface area contributed by atoms with Crippen molar-refractivity contribution in [3.05, 3.63) is 47.8 Å². The first kappa shape index (κ1) is 17.5. The number of hydrogen-bond donors (Lipinski definition) is 1. The van der Waals surface area contributed by atoms with Crippen LogP contribution >= 0.6 is 0 Å². The number of aromatic hydroxyl groups is 1. The lowest BCUT2D eigenvalue weighted by Gasteiger charge is -2.36. The molecule has 5 heteroatoms. The number of piperidine rings is 1. The van der Waals surface area contributed by atoms with Crippen molar-refractivity contribution in [3.8, 4) is 5.75 Å². The first-order chi connectivity index (χ1) is 12.1. The molecule has 25 heavy (non-hydrogen) atoms. The molecular formula is C20H27N3O2. The highest BCUT2D eigenvalue weighted by Gasteiger charge is 2.26. The summed E-state index contributed by atoms with van der Waals surface area (Å²) in [6.45, 7) is 3.46. The minimum atomic E-state index is 0.230. The van der Waals surface area contributed by atoms with Gasteiger partial charge in [-0.3, -0.25) is 9.48 Å². The summed E-state index contributed by atoms with van der Waals surface area (Å²) in [4.78, 5) is 14.8. The number of likely N-dealkylation sites (tertiary alicyclic amines) is 1. The van der Waals surface area contributed by atoms with Gasteiger partial charge in [0.1, 0.15) is 5.75 Å². The normalized spacial score (nSPS) is 17.6. The number of hydrogen-bond acceptors (Lipinski definition) is 3. The quantitative estimate of drug-likeness (QED) is 0.877. The Hall–Kier alpha value is -2.30. The van der Waals surface area contributed by atoms with E-state index >= 15 is 0 Å². The first-order valence-corrected chi connectivity index (χ1v) is 9.19. The van der Waals surface area contributed by atoms with Crippen LogP contribution < -0.4 is 0 Å². The van der Waals surface area contributed by atoms with Crippen LogP contribution in [0.15, 0.2) is 36.5 Å². The minimum absolute atomic E-state index is 0.230. The highest BCUT2D eigenvalue weighted by Crippen LogP contribution is 2.23. The fourth-order valence-electron chi connectivity index (χ4n) is 3.62. The molecule has 2 aromatic rings. The predicted molar refractivity (Wildman–Crippen MR) is 97.4 cm³/mol. The Bertz CT molecular complexity index is 710. The fraction of sp³-hybridized carbons (Fsp3) is 0.500. The third-order valence-corrected chi connectivity index (χ3v) is 4.95. The fourth-order valence-corrected chi connectivity index (χ4v) is 3.62. The van der Waals surface area contributed by atoms with Crippen LogP contribution in [0.5, 0.6) is 5.75 Å². The van der Waals surface area contributed by atoms with E-state index in [9.17, 15) is 9.90 Å². The standard InChI is InChI=1S/C20H27N3O2/c1-16-10-13-22(21-16)14-11-20(25)23-12-3-2-6-18(23)9-8-17-5-4-7-19(24)15-17/h4-5,7,10,13,15,18,24H,2-3,6,8-9,11-12,14H2,1H3/t18-/m0/s1. The molecule has 3 rings (SSSR count). The minimum Gasteiger partial charge on any atom is -0.508 e. The Kier molecular flexibility index (Phi) is 5.74. The van der Waals surface area contributed by atoms with E-state index in [0.29, 0.717) is 24.8 Å². The van der Waals surface area contributed by atoms with E-state index in [1.165, 1.54) is 6.42 Å². The van der Waals surface area contributed by atoms with Gasteiger partial charge in [0.15, 0.2) is 0 Å². The van der Waals surface area contributed by atoms with Gasteiger partial charge in [-0.25, -0.2) is 0 Å². The molecule has 1 N–H and O–H groups in total. The number of carbonyl (C=O) groups excluding carboxylic acids is 1. The summed E-state index contributed by atoms with van der Waals surface area (Å²) >= 11 is 0. The summed E-state index contributed by atoms with van der Waals surface area (Å²) in [7, 11) is 0. The molecule has 0 unspecified atom stereocenters. The van der Waals surface area contributed by atoms with Crippen molar-refractivity contribution in [1.29, 1.82) is 0 Å². The van der Waals surface area contributed by atoms with Gasteiger partial charge < -0.3 is 10.0 Å². The Morgan fingerprint density at radius 1 is 1.32 bits per heavy atom. The molecule has 2 heterocycles. The van der Waals surface area contributed by atoms with Crippen molar-refractivity contribution >= 4 is 5.91 Å². The number of aromatic nitrogens is 2. The Morgan fingerprint density at radius 3 is 2.96 bits per heavy atom. The van der Waals surface area contributed by atoms with Crippen LogP contribution in [-0.2, 0) is 17.8 Å². The summed E-state index contributed by atoms with van der Waals surface area (Å²) < 4.78 is 1.85. The van der Waals surface area contributed by atoms with E-state index < -0.39 is 0 Å². The molecule has 1 aliphatic rings. The van der Waals surface area contributed by atoms with E-state index in [1.807, 2.05) is 42.1 Å². The molecule has 1 saturated heterocycles. The van der Waals surface area contributed by atoms with E-state index in [4.69, 9.17) is 0 Å². The number of carbonyl (C=O) groups is 1. The average molecular weight is 341 g/mol. The van der Waals surface area contributed by atoms with E-state index in [-0.39, 0.29) is 5.91 Å². The molecule has 1 amide bonds. The Morgan fingerprint density at radius 2 is 2.20 bits per heavy atom. The summed E-state index contributed by atoms with van der Waals surface area (Å²) in [5.74, 6) is 0.539. The van der Waals surface area contributed by atoms with Crippen molar-refractivity contribution in [2.75, 3.05) is 6.54 Å². The zero-order chi connectivity index (χ0) is 17.6. The van der Waals surface area contributed by atoms with Crippen LogP contribution in [0.1, 0.15) is 43.4 Å². The third kappa shape index (κ3) is 4.84. The maximum atomic E-state index is 12.7. The highest BCUT2D eigenvalue weighted by atomic mass is 16.3.